The van der Waals surface area contributed by atoms with Crippen molar-refractivity contribution >= 4 is 23.3 Å². The van der Waals surface area contributed by atoms with Crippen LogP contribution in [-0.2, 0) is 16.1 Å². The molecule has 7 heteroatoms. The Hall–Kier alpha value is -3.61. The molecule has 0 saturated carbocycles. The number of hydrogen-bond donors (Lipinski definition) is 2. The Morgan fingerprint density at radius 3 is 2.75 bits per heavy atom. The predicted molar refractivity (Wildman–Crippen MR) is 105 cm³/mol. The standard InChI is InChI=1S/C21H20N4O3/c1-14-7-3-4-8-15(14)13-25-12-11-18(24-25)23-20(27)21(2)19(26)22-16-9-5-6-10-17(16)28-21/h3-12H,13H2,1-2H3,(H,22,26)(H,23,24,27). The number of amides is 2. The minimum atomic E-state index is -1.69. The molecule has 0 bridgehead atoms. The van der Waals surface area contributed by atoms with Gasteiger partial charge >= 0.3 is 0 Å². The van der Waals surface area contributed by atoms with Crippen molar-refractivity contribution in [2.24, 2.45) is 0 Å². The lowest BCUT2D eigenvalue weighted by atomic mass is 10.0. The first kappa shape index (κ1) is 17.8. The molecule has 2 amide bonds. The molecule has 0 aliphatic carbocycles. The van der Waals surface area contributed by atoms with Crippen LogP contribution in [0.4, 0.5) is 11.5 Å². The van der Waals surface area contributed by atoms with Crippen LogP contribution in [0.1, 0.15) is 18.1 Å². The number of para-hydroxylation sites is 2. The maximum atomic E-state index is 12.8. The maximum absolute atomic E-state index is 12.8. The molecule has 4 rings (SSSR count). The van der Waals surface area contributed by atoms with Crippen molar-refractivity contribution in [2.45, 2.75) is 26.0 Å². The molecule has 1 aromatic heterocycles. The van der Waals surface area contributed by atoms with Crippen LogP contribution >= 0.6 is 0 Å². The lowest BCUT2D eigenvalue weighted by Gasteiger charge is -2.32. The topological polar surface area (TPSA) is 85.3 Å². The highest BCUT2D eigenvalue weighted by Gasteiger charge is 2.47. The number of nitrogens with zero attached hydrogens (tertiary/aromatic N) is 2. The molecule has 7 nitrogen and oxygen atoms in total. The van der Waals surface area contributed by atoms with E-state index in [0.29, 0.717) is 23.8 Å². The average molecular weight is 376 g/mol. The largest absolute Gasteiger partial charge is 0.466 e. The van der Waals surface area contributed by atoms with Crippen molar-refractivity contribution in [1.82, 2.24) is 9.78 Å². The highest BCUT2D eigenvalue weighted by Crippen LogP contribution is 2.33. The molecule has 0 fully saturated rings. The third-order valence-electron chi connectivity index (χ3n) is 4.79. The summed E-state index contributed by atoms with van der Waals surface area (Å²) in [6.45, 7) is 4.07. The maximum Gasteiger partial charge on any atom is 0.279 e. The molecule has 1 aliphatic heterocycles. The number of fused-ring (bicyclic) bond motifs is 1. The van der Waals surface area contributed by atoms with Gasteiger partial charge < -0.3 is 15.4 Å². The van der Waals surface area contributed by atoms with E-state index in [1.807, 2.05) is 31.2 Å². The summed E-state index contributed by atoms with van der Waals surface area (Å²) >= 11 is 0. The van der Waals surface area contributed by atoms with E-state index in [-0.39, 0.29) is 0 Å². The zero-order valence-electron chi connectivity index (χ0n) is 15.6. The van der Waals surface area contributed by atoms with E-state index in [9.17, 15) is 9.59 Å². The summed E-state index contributed by atoms with van der Waals surface area (Å²) in [4.78, 5) is 25.3. The van der Waals surface area contributed by atoms with Gasteiger partial charge in [0.15, 0.2) is 5.82 Å². The molecule has 2 aromatic carbocycles. The second-order valence-corrected chi connectivity index (χ2v) is 6.86. The van der Waals surface area contributed by atoms with Crippen LogP contribution < -0.4 is 15.4 Å². The van der Waals surface area contributed by atoms with Crippen LogP contribution in [0.15, 0.2) is 60.8 Å². The molecule has 1 atom stereocenters. The van der Waals surface area contributed by atoms with Crippen LogP contribution in [0.3, 0.4) is 0 Å². The molecule has 1 aliphatic rings. The number of aromatic nitrogens is 2. The van der Waals surface area contributed by atoms with Crippen LogP contribution in [0.25, 0.3) is 0 Å². The average Bonchev–Trinajstić information content (AvgIpc) is 3.11. The number of carbonyl (C=O) groups excluding carboxylic acids is 2. The molecular formula is C21H20N4O3. The van der Waals surface area contributed by atoms with E-state index in [1.54, 1.807) is 41.2 Å². The quantitative estimate of drug-likeness (QED) is 0.686. The first-order valence-electron chi connectivity index (χ1n) is 8.94. The lowest BCUT2D eigenvalue weighted by Crippen LogP contribution is -2.56. The summed E-state index contributed by atoms with van der Waals surface area (Å²) in [5, 5.41) is 9.77. The second-order valence-electron chi connectivity index (χ2n) is 6.86. The lowest BCUT2D eigenvalue weighted by molar-refractivity contribution is -0.143. The highest BCUT2D eigenvalue weighted by molar-refractivity contribution is 6.18. The molecule has 2 N–H and O–H groups in total. The van der Waals surface area contributed by atoms with Gasteiger partial charge in [0, 0.05) is 12.3 Å². The number of carbonyl (C=O) groups is 2. The third-order valence-corrected chi connectivity index (χ3v) is 4.79. The Bertz CT molecular complexity index is 1060. The van der Waals surface area contributed by atoms with Crippen LogP contribution in [0.5, 0.6) is 5.75 Å². The van der Waals surface area contributed by atoms with E-state index in [2.05, 4.69) is 15.7 Å². The molecule has 0 spiro atoms. The molecule has 142 valence electrons. The fourth-order valence-corrected chi connectivity index (χ4v) is 3.03. The third kappa shape index (κ3) is 3.22. The Morgan fingerprint density at radius 2 is 1.93 bits per heavy atom. The minimum absolute atomic E-state index is 0.357. The van der Waals surface area contributed by atoms with Crippen molar-refractivity contribution in [3.8, 4) is 5.75 Å². The van der Waals surface area contributed by atoms with Gasteiger partial charge in [0.25, 0.3) is 17.4 Å². The molecule has 1 unspecified atom stereocenters. The fraction of sp³-hybridized carbons (Fsp3) is 0.190. The van der Waals surface area contributed by atoms with Gasteiger partial charge in [-0.1, -0.05) is 36.4 Å². The number of hydrogen-bond acceptors (Lipinski definition) is 4. The number of ether oxygens (including phenoxy) is 1. The summed E-state index contributed by atoms with van der Waals surface area (Å²) < 4.78 is 7.46. The number of rotatable bonds is 4. The summed E-state index contributed by atoms with van der Waals surface area (Å²) in [5.74, 6) is -0.302. The summed E-state index contributed by atoms with van der Waals surface area (Å²) in [5.41, 5.74) is 1.16. The van der Waals surface area contributed by atoms with Gasteiger partial charge in [0.05, 0.1) is 12.2 Å². The van der Waals surface area contributed by atoms with E-state index < -0.39 is 17.4 Å². The molecule has 0 saturated heterocycles. The Morgan fingerprint density at radius 1 is 1.18 bits per heavy atom. The molecule has 3 aromatic rings. The number of nitrogens with one attached hydrogen (secondary N) is 2. The summed E-state index contributed by atoms with van der Waals surface area (Å²) in [6.07, 6.45) is 1.78. The van der Waals surface area contributed by atoms with Gasteiger partial charge in [0.1, 0.15) is 5.75 Å². The Labute approximate surface area is 162 Å². The molecule has 2 heterocycles. The smallest absolute Gasteiger partial charge is 0.279 e. The van der Waals surface area contributed by atoms with Crippen LogP contribution in [0.2, 0.25) is 0 Å². The van der Waals surface area contributed by atoms with E-state index in [1.165, 1.54) is 12.5 Å². The fourth-order valence-electron chi connectivity index (χ4n) is 3.03. The van der Waals surface area contributed by atoms with Gasteiger partial charge in [-0.3, -0.25) is 14.3 Å². The number of benzene rings is 2. The molecular weight excluding hydrogens is 356 g/mol. The normalized spacial score (nSPS) is 18.0. The Kier molecular flexibility index (Phi) is 4.35. The second kappa shape index (κ2) is 6.84. The van der Waals surface area contributed by atoms with Crippen LogP contribution in [-0.4, -0.2) is 27.2 Å². The van der Waals surface area contributed by atoms with Crippen molar-refractivity contribution < 1.29 is 14.3 Å². The monoisotopic (exact) mass is 376 g/mol. The summed E-state index contributed by atoms with van der Waals surface area (Å²) in [6, 6.07) is 16.7. The first-order valence-corrected chi connectivity index (χ1v) is 8.94. The molecule has 28 heavy (non-hydrogen) atoms. The van der Waals surface area contributed by atoms with Gasteiger partial charge in [-0.05, 0) is 37.1 Å². The predicted octanol–water partition coefficient (Wildman–Crippen LogP) is 2.97. The van der Waals surface area contributed by atoms with Gasteiger partial charge in [0.2, 0.25) is 0 Å². The van der Waals surface area contributed by atoms with Crippen molar-refractivity contribution in [3.63, 3.8) is 0 Å². The van der Waals surface area contributed by atoms with E-state index >= 15 is 0 Å². The SMILES string of the molecule is Cc1ccccc1Cn1ccc(NC(=O)C2(C)Oc3ccccc3NC2=O)n1. The molecule has 0 radical (unpaired) electrons. The van der Waals surface area contributed by atoms with E-state index in [0.717, 1.165) is 5.56 Å². The van der Waals surface area contributed by atoms with Gasteiger partial charge in [-0.2, -0.15) is 5.10 Å². The van der Waals surface area contributed by atoms with Crippen LogP contribution in [0, 0.1) is 6.92 Å². The van der Waals surface area contributed by atoms with Gasteiger partial charge in [-0.15, -0.1) is 0 Å². The van der Waals surface area contributed by atoms with E-state index in [4.69, 9.17) is 4.74 Å². The van der Waals surface area contributed by atoms with Crippen molar-refractivity contribution in [3.05, 3.63) is 71.9 Å². The highest BCUT2D eigenvalue weighted by atomic mass is 16.5. The zero-order valence-corrected chi connectivity index (χ0v) is 15.6. The number of aryl methyl sites for hydroxylation is 1. The summed E-state index contributed by atoms with van der Waals surface area (Å²) in [7, 11) is 0. The Balaban J connectivity index is 1.49. The first-order chi connectivity index (χ1) is 13.5. The van der Waals surface area contributed by atoms with Gasteiger partial charge in [-0.25, -0.2) is 0 Å². The zero-order chi connectivity index (χ0) is 19.7. The minimum Gasteiger partial charge on any atom is -0.466 e. The van der Waals surface area contributed by atoms with Crippen molar-refractivity contribution in [2.75, 3.05) is 10.6 Å². The number of anilines is 2. The van der Waals surface area contributed by atoms with Crippen molar-refractivity contribution in [1.29, 1.82) is 0 Å².